The molecule has 2 aliphatic heterocycles. The fourth-order valence-corrected chi connectivity index (χ4v) is 4.15. The van der Waals surface area contributed by atoms with Crippen LogP contribution in [0.4, 0.5) is 48.3 Å². The number of pyridine rings is 1. The molecule has 0 aromatic carbocycles. The number of ether oxygens (including phenoxy) is 1. The molecule has 1 atom stereocenters. The van der Waals surface area contributed by atoms with Crippen molar-refractivity contribution < 1.29 is 87.5 Å². The summed E-state index contributed by atoms with van der Waals surface area (Å²) >= 11 is 0. The number of hydrogen-bond donors (Lipinski definition) is 4. The topological polar surface area (TPSA) is 170 Å². The predicted molar refractivity (Wildman–Crippen MR) is 132 cm³/mol. The van der Waals surface area contributed by atoms with Crippen molar-refractivity contribution in [2.45, 2.75) is 61.5 Å². The van der Waals surface area contributed by atoms with Crippen molar-refractivity contribution in [1.82, 2.24) is 20.1 Å². The van der Waals surface area contributed by atoms with Gasteiger partial charge in [0.1, 0.15) is 11.6 Å². The van der Waals surface area contributed by atoms with Gasteiger partial charge in [0.2, 0.25) is 5.91 Å². The molecule has 0 bridgehead atoms. The molecule has 1 aromatic rings. The van der Waals surface area contributed by atoms with Gasteiger partial charge in [-0.2, -0.15) is 39.5 Å². The van der Waals surface area contributed by atoms with E-state index in [1.54, 1.807) is 6.20 Å². The van der Waals surface area contributed by atoms with Crippen molar-refractivity contribution >= 4 is 23.8 Å². The molecule has 4 N–H and O–H groups in total. The molecule has 0 radical (unpaired) electrons. The summed E-state index contributed by atoms with van der Waals surface area (Å²) in [6.45, 7) is 3.43. The van der Waals surface area contributed by atoms with Gasteiger partial charge in [-0.05, 0) is 18.7 Å². The number of aromatic nitrogens is 1. The number of carbonyl (C=O) groups excluding carboxylic acids is 1. The van der Waals surface area contributed by atoms with E-state index >= 15 is 0 Å². The number of halogens is 11. The molecule has 12 nitrogen and oxygen atoms in total. The third-order valence-corrected chi connectivity index (χ3v) is 6.24. The summed E-state index contributed by atoms with van der Waals surface area (Å²) in [5, 5.41) is 24.1. The molecule has 3 heterocycles. The number of rotatable bonds is 4. The summed E-state index contributed by atoms with van der Waals surface area (Å²) in [6, 6.07) is 3.15. The van der Waals surface area contributed by atoms with E-state index in [0.717, 1.165) is 19.6 Å². The maximum atomic E-state index is 12.9. The van der Waals surface area contributed by atoms with Crippen LogP contribution in [0.3, 0.4) is 0 Å². The lowest BCUT2D eigenvalue weighted by molar-refractivity contribution is -0.199. The fraction of sp³-hybridized carbons (Fsp3) is 0.625. The zero-order valence-electron chi connectivity index (χ0n) is 23.8. The largest absolute Gasteiger partial charge is 0.490 e. The Morgan fingerprint density at radius 3 is 1.68 bits per heavy atom. The highest BCUT2D eigenvalue weighted by Gasteiger charge is 2.51. The third kappa shape index (κ3) is 14.2. The van der Waals surface area contributed by atoms with E-state index in [0.29, 0.717) is 13.2 Å². The zero-order chi connectivity index (χ0) is 36.6. The second-order valence-corrected chi connectivity index (χ2v) is 10.3. The number of likely N-dealkylation sites (N-methyl/N-ethyl adjacent to an activating group) is 1. The van der Waals surface area contributed by atoms with Crippen LogP contribution in [0.25, 0.3) is 0 Å². The van der Waals surface area contributed by atoms with Crippen LogP contribution in [0.5, 0.6) is 0 Å². The molecular weight excluding hydrogens is 681 g/mol. The first-order valence-corrected chi connectivity index (χ1v) is 12.7. The van der Waals surface area contributed by atoms with Crippen LogP contribution in [-0.2, 0) is 30.5 Å². The average molecular weight is 708 g/mol. The third-order valence-electron chi connectivity index (χ3n) is 6.24. The van der Waals surface area contributed by atoms with Gasteiger partial charge in [-0.3, -0.25) is 19.6 Å². The number of aliphatic carboxylic acids is 3. The highest BCUT2D eigenvalue weighted by Crippen LogP contribution is 2.38. The van der Waals surface area contributed by atoms with Gasteiger partial charge in [0.25, 0.3) is 5.92 Å². The van der Waals surface area contributed by atoms with Gasteiger partial charge in [-0.1, -0.05) is 6.07 Å². The quantitative estimate of drug-likeness (QED) is 0.340. The summed E-state index contributed by atoms with van der Waals surface area (Å²) < 4.78 is 127. The van der Waals surface area contributed by atoms with E-state index in [-0.39, 0.29) is 24.3 Å². The van der Waals surface area contributed by atoms with Crippen LogP contribution >= 0.6 is 0 Å². The molecule has 268 valence electrons. The van der Waals surface area contributed by atoms with Crippen molar-refractivity contribution in [1.29, 1.82) is 0 Å². The summed E-state index contributed by atoms with van der Waals surface area (Å²) in [7, 11) is 1.90. The lowest BCUT2D eigenvalue weighted by Crippen LogP contribution is -2.72. The van der Waals surface area contributed by atoms with Gasteiger partial charge >= 0.3 is 36.4 Å². The van der Waals surface area contributed by atoms with Crippen LogP contribution in [0.15, 0.2) is 24.5 Å². The molecule has 47 heavy (non-hydrogen) atoms. The van der Waals surface area contributed by atoms with E-state index in [2.05, 4.69) is 21.3 Å². The molecular formula is C24H27F11N4O8. The van der Waals surface area contributed by atoms with Gasteiger partial charge in [0, 0.05) is 57.5 Å². The van der Waals surface area contributed by atoms with Crippen LogP contribution in [0.1, 0.15) is 18.4 Å². The second kappa shape index (κ2) is 15.8. The second-order valence-electron chi connectivity index (χ2n) is 10.3. The van der Waals surface area contributed by atoms with Gasteiger partial charge in [0.05, 0.1) is 6.61 Å². The van der Waals surface area contributed by atoms with Crippen molar-refractivity contribution in [3.05, 3.63) is 30.1 Å². The summed E-state index contributed by atoms with van der Waals surface area (Å²) in [5.41, 5.74) is 0.929. The molecule has 1 unspecified atom stereocenters. The Kier molecular flexibility index (Phi) is 13.9. The van der Waals surface area contributed by atoms with Gasteiger partial charge in [-0.25, -0.2) is 23.2 Å². The maximum absolute atomic E-state index is 12.9. The summed E-state index contributed by atoms with van der Waals surface area (Å²) in [6.07, 6.45) is -12.1. The molecule has 3 aliphatic rings. The smallest absolute Gasteiger partial charge is 0.475 e. The zero-order valence-corrected chi connectivity index (χ0v) is 23.8. The minimum Gasteiger partial charge on any atom is -0.475 e. The Morgan fingerprint density at radius 2 is 1.34 bits per heavy atom. The number of carboxylic acids is 3. The number of amides is 1. The molecule has 1 spiro atoms. The summed E-state index contributed by atoms with van der Waals surface area (Å²) in [5.74, 6) is -11.1. The SMILES string of the molecule is CN1CC2(CN(Cc3cccnc3)C2)OCC1C(=O)NC1CC(F)(F)C1.O=C(O)C(F)(F)F.O=C(O)C(F)(F)F.O=C(O)C(F)(F)F. The Balaban J connectivity index is 0.000000430. The lowest BCUT2D eigenvalue weighted by Gasteiger charge is -2.55. The molecule has 23 heteroatoms. The molecule has 1 amide bonds. The van der Waals surface area contributed by atoms with Crippen LogP contribution in [0, 0.1) is 0 Å². The van der Waals surface area contributed by atoms with Crippen molar-refractivity contribution in [2.24, 2.45) is 0 Å². The number of carbonyl (C=O) groups is 4. The standard InChI is InChI=1S/C18H24F2N4O2.3C2HF3O2/c1-23-10-17(11-24(12-17)8-13-3-2-4-21-7-13)26-9-15(23)16(25)22-14-5-18(19,20)6-14;3*3-2(4,5)1(6)7/h2-4,7,14-15H,5-6,8-12H2,1H3,(H,22,25);3*(H,6,7). The molecule has 3 fully saturated rings. The number of carboxylic acid groups (broad SMARTS) is 3. The molecule has 1 aromatic heterocycles. The van der Waals surface area contributed by atoms with E-state index in [1.165, 1.54) is 5.56 Å². The van der Waals surface area contributed by atoms with Crippen molar-refractivity contribution in [2.75, 3.05) is 33.3 Å². The normalized spacial score (nSPS) is 20.7. The molecule has 1 saturated carbocycles. The van der Waals surface area contributed by atoms with Gasteiger partial charge < -0.3 is 25.4 Å². The molecule has 1 aliphatic carbocycles. The lowest BCUT2D eigenvalue weighted by atomic mass is 9.87. The van der Waals surface area contributed by atoms with Crippen molar-refractivity contribution in [3.63, 3.8) is 0 Å². The Hall–Kier alpha value is -3.86. The minimum absolute atomic E-state index is 0.214. The van der Waals surface area contributed by atoms with E-state index in [9.17, 15) is 53.1 Å². The van der Waals surface area contributed by atoms with E-state index < -0.39 is 54.4 Å². The Morgan fingerprint density at radius 1 is 0.894 bits per heavy atom. The van der Waals surface area contributed by atoms with Crippen molar-refractivity contribution in [3.8, 4) is 0 Å². The Bertz CT molecular complexity index is 1160. The first-order valence-electron chi connectivity index (χ1n) is 12.7. The first kappa shape index (κ1) is 41.2. The average Bonchev–Trinajstić information content (AvgIpc) is 2.87. The monoisotopic (exact) mass is 708 g/mol. The van der Waals surface area contributed by atoms with Crippen LogP contribution in [-0.4, -0.2) is 129 Å². The Labute approximate surface area is 257 Å². The number of likely N-dealkylation sites (tertiary alicyclic amines) is 1. The highest BCUT2D eigenvalue weighted by atomic mass is 19.4. The first-order chi connectivity index (χ1) is 21.2. The van der Waals surface area contributed by atoms with E-state index in [1.807, 2.05) is 24.2 Å². The molecule has 2 saturated heterocycles. The highest BCUT2D eigenvalue weighted by molar-refractivity contribution is 5.82. The fourth-order valence-electron chi connectivity index (χ4n) is 4.15. The minimum atomic E-state index is -5.08. The predicted octanol–water partition coefficient (Wildman–Crippen LogP) is 2.78. The number of morpholine rings is 1. The maximum Gasteiger partial charge on any atom is 0.490 e. The van der Waals surface area contributed by atoms with Crippen LogP contribution in [0.2, 0.25) is 0 Å². The number of alkyl halides is 11. The van der Waals surface area contributed by atoms with Gasteiger partial charge in [-0.15, -0.1) is 0 Å². The molecule has 4 rings (SSSR count). The van der Waals surface area contributed by atoms with E-state index in [4.69, 9.17) is 34.4 Å². The van der Waals surface area contributed by atoms with Crippen LogP contribution < -0.4 is 5.32 Å². The summed E-state index contributed by atoms with van der Waals surface area (Å²) in [4.78, 5) is 47.4. The van der Waals surface area contributed by atoms with Gasteiger partial charge in [0.15, 0.2) is 0 Å². The number of hydrogen-bond acceptors (Lipinski definition) is 8. The number of nitrogens with zero attached hydrogens (tertiary/aromatic N) is 3. The number of nitrogens with one attached hydrogen (secondary N) is 1.